The number of hydrogen-bond donors (Lipinski definition) is 1. The van der Waals surface area contributed by atoms with E-state index in [0.717, 1.165) is 63.4 Å². The maximum absolute atomic E-state index is 5.84. The largest absolute Gasteiger partial charge is 0.337 e. The van der Waals surface area contributed by atoms with Crippen molar-refractivity contribution in [3.63, 3.8) is 0 Å². The van der Waals surface area contributed by atoms with Gasteiger partial charge in [0.1, 0.15) is 5.69 Å². The van der Waals surface area contributed by atoms with Crippen molar-refractivity contribution >= 4 is 16.6 Å². The summed E-state index contributed by atoms with van der Waals surface area (Å²) in [6, 6.07) is 22.7. The van der Waals surface area contributed by atoms with E-state index < -0.39 is 0 Å². The first-order chi connectivity index (χ1) is 17.2. The number of imidazole rings is 1. The van der Waals surface area contributed by atoms with Crippen LogP contribution in [0.4, 0.5) is 0 Å². The van der Waals surface area contributed by atoms with E-state index in [1.807, 2.05) is 59.8 Å². The fraction of sp³-hybridized carbons (Fsp3) is 0.143. The van der Waals surface area contributed by atoms with E-state index in [4.69, 9.17) is 15.8 Å². The number of aromatic nitrogens is 6. The summed E-state index contributed by atoms with van der Waals surface area (Å²) in [5, 5.41) is 6.07. The van der Waals surface area contributed by atoms with Gasteiger partial charge < -0.3 is 10.3 Å². The van der Waals surface area contributed by atoms with Crippen molar-refractivity contribution in [3.05, 3.63) is 97.2 Å². The highest BCUT2D eigenvalue weighted by Crippen LogP contribution is 2.27. The molecule has 0 saturated heterocycles. The molecule has 172 valence electrons. The van der Waals surface area contributed by atoms with Gasteiger partial charge in [-0.25, -0.2) is 4.98 Å². The molecule has 0 aliphatic carbocycles. The van der Waals surface area contributed by atoms with E-state index in [1.54, 1.807) is 0 Å². The maximum atomic E-state index is 5.84. The van der Waals surface area contributed by atoms with E-state index in [0.29, 0.717) is 6.54 Å². The molecule has 0 saturated carbocycles. The molecule has 0 amide bonds. The summed E-state index contributed by atoms with van der Waals surface area (Å²) in [7, 11) is 0. The smallest absolute Gasteiger partial charge is 0.334 e. The van der Waals surface area contributed by atoms with Crippen molar-refractivity contribution in [1.29, 1.82) is 0 Å². The number of rotatable bonds is 6. The Morgan fingerprint density at radius 3 is 2.54 bits per heavy atom. The maximum Gasteiger partial charge on any atom is 0.334 e. The molecule has 0 fully saturated rings. The van der Waals surface area contributed by atoms with Crippen molar-refractivity contribution in [3.8, 4) is 28.3 Å². The molecule has 2 N–H and O–H groups in total. The van der Waals surface area contributed by atoms with Gasteiger partial charge in [0.25, 0.3) is 5.65 Å². The molecule has 6 rings (SSSR count). The lowest BCUT2D eigenvalue weighted by Crippen LogP contribution is -2.22. The Morgan fingerprint density at radius 1 is 0.943 bits per heavy atom. The summed E-state index contributed by atoms with van der Waals surface area (Å²) in [6.07, 6.45) is 8.93. The van der Waals surface area contributed by atoms with Gasteiger partial charge in [-0.3, -0.25) is 4.98 Å². The predicted molar refractivity (Wildman–Crippen MR) is 137 cm³/mol. The van der Waals surface area contributed by atoms with Crippen molar-refractivity contribution < 1.29 is 4.40 Å². The third-order valence-corrected chi connectivity index (χ3v) is 6.26. The fourth-order valence-corrected chi connectivity index (χ4v) is 4.48. The summed E-state index contributed by atoms with van der Waals surface area (Å²) in [4.78, 5) is 9.46. The summed E-state index contributed by atoms with van der Waals surface area (Å²) in [5.74, 6) is 0.782. The minimum absolute atomic E-state index is 0.502. The fourth-order valence-electron chi connectivity index (χ4n) is 4.48. The minimum Gasteiger partial charge on any atom is -0.337 e. The minimum atomic E-state index is 0.502. The Hall–Kier alpha value is -4.36. The second-order valence-corrected chi connectivity index (χ2v) is 8.63. The Morgan fingerprint density at radius 2 is 1.77 bits per heavy atom. The van der Waals surface area contributed by atoms with Crippen LogP contribution in [0.3, 0.4) is 0 Å². The van der Waals surface area contributed by atoms with Gasteiger partial charge in [-0.15, -0.1) is 0 Å². The zero-order valence-electron chi connectivity index (χ0n) is 19.5. The third-order valence-electron chi connectivity index (χ3n) is 6.26. The van der Waals surface area contributed by atoms with Gasteiger partial charge in [-0.05, 0) is 41.8 Å². The first-order valence-corrected chi connectivity index (χ1v) is 11.9. The molecule has 0 radical (unpaired) electrons. The molecular weight excluding hydrogens is 434 g/mol. The number of fused-ring (bicyclic) bond motifs is 3. The van der Waals surface area contributed by atoms with Crippen molar-refractivity contribution in [2.24, 2.45) is 5.73 Å². The number of nitrogens with zero attached hydrogens (tertiary/aromatic N) is 6. The Balaban J connectivity index is 1.63. The van der Waals surface area contributed by atoms with Gasteiger partial charge in [0, 0.05) is 31.0 Å². The van der Waals surface area contributed by atoms with Crippen LogP contribution in [0.1, 0.15) is 18.9 Å². The second-order valence-electron chi connectivity index (χ2n) is 8.63. The predicted octanol–water partition coefficient (Wildman–Crippen LogP) is 4.56. The molecule has 0 atom stereocenters. The lowest BCUT2D eigenvalue weighted by atomic mass is 10.1. The molecule has 35 heavy (non-hydrogen) atoms. The van der Waals surface area contributed by atoms with Crippen LogP contribution in [0.2, 0.25) is 0 Å². The van der Waals surface area contributed by atoms with Crippen LogP contribution < -0.4 is 10.1 Å². The molecule has 0 unspecified atom stereocenters. The Kier molecular flexibility index (Phi) is 5.31. The average molecular weight is 461 g/mol. The summed E-state index contributed by atoms with van der Waals surface area (Å²) in [6.45, 7) is 3.58. The van der Waals surface area contributed by atoms with Crippen LogP contribution in [-0.4, -0.2) is 24.3 Å². The second kappa shape index (κ2) is 8.77. The molecular formula is C28H26N7+. The van der Waals surface area contributed by atoms with Crippen LogP contribution in [0.5, 0.6) is 0 Å². The van der Waals surface area contributed by atoms with Crippen LogP contribution in [0, 0.1) is 0 Å². The number of hydrogen-bond acceptors (Lipinski definition) is 4. The summed E-state index contributed by atoms with van der Waals surface area (Å²) < 4.78 is 6.19. The first-order valence-electron chi connectivity index (χ1n) is 11.9. The number of pyridine rings is 2. The molecule has 7 heteroatoms. The normalized spacial score (nSPS) is 11.5. The topological polar surface area (TPSA) is 78.6 Å². The van der Waals surface area contributed by atoms with Crippen molar-refractivity contribution in [2.75, 3.05) is 0 Å². The summed E-state index contributed by atoms with van der Waals surface area (Å²) >= 11 is 0. The third kappa shape index (κ3) is 3.76. The number of aryl methyl sites for hydroxylation is 1. The Bertz CT molecular complexity index is 1630. The van der Waals surface area contributed by atoms with E-state index in [1.165, 1.54) is 0 Å². The first kappa shape index (κ1) is 21.2. The highest BCUT2D eigenvalue weighted by Gasteiger charge is 2.27. The average Bonchev–Trinajstić information content (AvgIpc) is 3.54. The van der Waals surface area contributed by atoms with E-state index in [-0.39, 0.29) is 0 Å². The van der Waals surface area contributed by atoms with Gasteiger partial charge in [0.05, 0.1) is 28.5 Å². The van der Waals surface area contributed by atoms with Crippen LogP contribution in [-0.2, 0) is 13.1 Å². The molecule has 6 aromatic rings. The van der Waals surface area contributed by atoms with Gasteiger partial charge in [0.2, 0.25) is 0 Å². The zero-order valence-corrected chi connectivity index (χ0v) is 19.5. The van der Waals surface area contributed by atoms with Gasteiger partial charge in [-0.2, -0.15) is 4.40 Å². The standard InChI is InChI=1S/C28H26N7/c1-2-13-33-18-26(31-19-33)27-32-35(23-10-8-20(16-29)9-11-23)28-24-15-22(21-6-4-3-5-7-21)17-30-25(24)12-14-34(27)28/h3-12,14-15,17-19H,2,13,16,29H2,1H3/q+1. The molecule has 0 aliphatic heterocycles. The summed E-state index contributed by atoms with van der Waals surface area (Å²) in [5.41, 5.74) is 12.7. The lowest BCUT2D eigenvalue weighted by molar-refractivity contribution is -0.498. The van der Waals surface area contributed by atoms with E-state index >= 15 is 0 Å². The molecule has 0 aliphatic rings. The highest BCUT2D eigenvalue weighted by atomic mass is 15.4. The highest BCUT2D eigenvalue weighted by molar-refractivity contribution is 5.93. The van der Waals surface area contributed by atoms with Crippen molar-refractivity contribution in [1.82, 2.24) is 24.3 Å². The van der Waals surface area contributed by atoms with Gasteiger partial charge in [-0.1, -0.05) is 54.1 Å². The number of benzene rings is 2. The van der Waals surface area contributed by atoms with Gasteiger partial charge in [0.15, 0.2) is 5.69 Å². The molecule has 4 heterocycles. The number of nitrogens with two attached hydrogens (primary N) is 1. The Labute approximate surface area is 203 Å². The monoisotopic (exact) mass is 460 g/mol. The van der Waals surface area contributed by atoms with E-state index in [2.05, 4.69) is 57.4 Å². The molecule has 0 bridgehead atoms. The SMILES string of the molecule is CCCn1cnc(-c2nn(-c3ccc(CN)cc3)c3c4cc(-c5ccccc5)cnc4cc[n+]23)c1. The molecule has 0 spiro atoms. The lowest BCUT2D eigenvalue weighted by Gasteiger charge is -2.04. The molecule has 4 aromatic heterocycles. The zero-order chi connectivity index (χ0) is 23.8. The quantitative estimate of drug-likeness (QED) is 0.370. The van der Waals surface area contributed by atoms with Crippen LogP contribution in [0.25, 0.3) is 44.9 Å². The van der Waals surface area contributed by atoms with Crippen LogP contribution >= 0.6 is 0 Å². The van der Waals surface area contributed by atoms with E-state index in [9.17, 15) is 0 Å². The molecule has 2 aromatic carbocycles. The van der Waals surface area contributed by atoms with Crippen molar-refractivity contribution in [2.45, 2.75) is 26.4 Å². The van der Waals surface area contributed by atoms with Crippen LogP contribution in [0.15, 0.2) is 91.6 Å². The van der Waals surface area contributed by atoms with Gasteiger partial charge >= 0.3 is 5.82 Å². The molecule has 7 nitrogen and oxygen atoms in total.